The molecular weight excluding hydrogens is 415 g/mol. The number of benzene rings is 1. The number of nitrogens with one attached hydrogen (secondary N) is 3. The van der Waals surface area contributed by atoms with Gasteiger partial charge in [0.1, 0.15) is 5.75 Å². The number of hydrogen-bond acceptors (Lipinski definition) is 7. The number of nitrogens with zero attached hydrogens (tertiary/aromatic N) is 1. The summed E-state index contributed by atoms with van der Waals surface area (Å²) in [6, 6.07) is 5.21. The second kappa shape index (κ2) is 10.8. The van der Waals surface area contributed by atoms with E-state index in [-0.39, 0.29) is 36.2 Å². The van der Waals surface area contributed by atoms with Crippen molar-refractivity contribution in [1.29, 1.82) is 0 Å². The summed E-state index contributed by atoms with van der Waals surface area (Å²) in [7, 11) is -1.38. The highest BCUT2D eigenvalue weighted by Gasteiger charge is 2.38. The van der Waals surface area contributed by atoms with Crippen LogP contribution in [0.5, 0.6) is 5.75 Å². The normalized spacial score (nSPS) is 20.7. The van der Waals surface area contributed by atoms with Crippen molar-refractivity contribution in [2.45, 2.75) is 51.1 Å². The third-order valence-electron chi connectivity index (χ3n) is 5.66. The van der Waals surface area contributed by atoms with Crippen LogP contribution in [0.3, 0.4) is 0 Å². The number of likely N-dealkylation sites (tertiary alicyclic amines) is 1. The Morgan fingerprint density at radius 1 is 1.28 bits per heavy atom. The summed E-state index contributed by atoms with van der Waals surface area (Å²) in [5.74, 6) is -2.24. The van der Waals surface area contributed by atoms with Gasteiger partial charge in [-0.2, -0.15) is 0 Å². The van der Waals surface area contributed by atoms with E-state index in [9.17, 15) is 24.5 Å². The Kier molecular flexibility index (Phi) is 8.11. The van der Waals surface area contributed by atoms with Gasteiger partial charge in [-0.15, -0.1) is 0 Å². The average Bonchev–Trinajstić information content (AvgIpc) is 2.73. The van der Waals surface area contributed by atoms with Gasteiger partial charge >= 0.3 is 13.1 Å². The van der Waals surface area contributed by atoms with Crippen LogP contribution in [0.1, 0.15) is 42.6 Å². The van der Waals surface area contributed by atoms with Crippen LogP contribution in [-0.2, 0) is 16.0 Å². The molecule has 1 aromatic carbocycles. The van der Waals surface area contributed by atoms with Gasteiger partial charge in [0.05, 0.1) is 18.0 Å². The van der Waals surface area contributed by atoms with Gasteiger partial charge in [-0.05, 0) is 24.5 Å². The van der Waals surface area contributed by atoms with E-state index in [2.05, 4.69) is 29.8 Å². The molecule has 1 aromatic rings. The van der Waals surface area contributed by atoms with Crippen LogP contribution in [0.4, 0.5) is 0 Å². The van der Waals surface area contributed by atoms with Crippen LogP contribution in [0.2, 0.25) is 0 Å². The maximum atomic E-state index is 12.5. The molecule has 2 atom stereocenters. The van der Waals surface area contributed by atoms with Gasteiger partial charge in [0.15, 0.2) is 0 Å². The average molecular weight is 446 g/mol. The van der Waals surface area contributed by atoms with Gasteiger partial charge in [-0.25, -0.2) is 4.79 Å². The van der Waals surface area contributed by atoms with Crippen molar-refractivity contribution in [3.8, 4) is 5.75 Å². The molecule has 0 spiro atoms. The molecule has 2 amide bonds. The predicted molar refractivity (Wildman–Crippen MR) is 118 cm³/mol. The molecule has 2 aliphatic rings. The Labute approximate surface area is 187 Å². The first-order valence-corrected chi connectivity index (χ1v) is 11.0. The predicted octanol–water partition coefficient (Wildman–Crippen LogP) is -0.597. The smallest absolute Gasteiger partial charge is 0.534 e. The van der Waals surface area contributed by atoms with Crippen LogP contribution < -0.4 is 20.6 Å². The number of piperidine rings is 1. The molecular formula is C21H31BN4O6. The molecule has 5 N–H and O–H groups in total. The second-order valence-corrected chi connectivity index (χ2v) is 8.55. The van der Waals surface area contributed by atoms with E-state index in [1.54, 1.807) is 12.1 Å². The number of para-hydroxylation sites is 1. The van der Waals surface area contributed by atoms with Crippen LogP contribution in [0.15, 0.2) is 18.2 Å². The molecule has 0 aliphatic carbocycles. The highest BCUT2D eigenvalue weighted by molar-refractivity contribution is 6.47. The minimum atomic E-state index is -1.38. The Bertz CT molecular complexity index is 852. The number of carbonyl (C=O) groups is 3. The highest BCUT2D eigenvalue weighted by Crippen LogP contribution is 2.30. The van der Waals surface area contributed by atoms with E-state index in [1.807, 2.05) is 0 Å². The zero-order chi connectivity index (χ0) is 23.3. The number of aromatic carboxylic acids is 1. The highest BCUT2D eigenvalue weighted by atomic mass is 16.5. The van der Waals surface area contributed by atoms with Crippen LogP contribution in [0.25, 0.3) is 0 Å². The molecule has 0 saturated carbocycles. The fourth-order valence-electron chi connectivity index (χ4n) is 4.00. The molecule has 2 aliphatic heterocycles. The molecule has 0 aromatic heterocycles. The quantitative estimate of drug-likeness (QED) is 0.250. The fourth-order valence-corrected chi connectivity index (χ4v) is 4.00. The number of hydrogen-bond donors (Lipinski definition) is 5. The molecule has 174 valence electrons. The Balaban J connectivity index is 1.47. The number of carboxylic acids is 1. The lowest BCUT2D eigenvalue weighted by molar-refractivity contribution is -0.138. The lowest BCUT2D eigenvalue weighted by Gasteiger charge is -2.33. The summed E-state index contributed by atoms with van der Waals surface area (Å²) in [5.41, 5.74) is 0.559. The molecule has 1 unspecified atom stereocenters. The van der Waals surface area contributed by atoms with Gasteiger partial charge in [0.25, 0.3) is 0 Å². The van der Waals surface area contributed by atoms with Crippen molar-refractivity contribution in [3.63, 3.8) is 0 Å². The topological polar surface area (TPSA) is 140 Å². The maximum absolute atomic E-state index is 12.5. The van der Waals surface area contributed by atoms with Crippen LogP contribution in [0, 0.1) is 0 Å². The van der Waals surface area contributed by atoms with Gasteiger partial charge < -0.3 is 35.6 Å². The van der Waals surface area contributed by atoms with Gasteiger partial charge in [0, 0.05) is 38.1 Å². The lowest BCUT2D eigenvalue weighted by atomic mass is 9.72. The Morgan fingerprint density at radius 2 is 2.06 bits per heavy atom. The number of carbonyl (C=O) groups excluding carboxylic acids is 2. The second-order valence-electron chi connectivity index (χ2n) is 8.55. The van der Waals surface area contributed by atoms with E-state index in [1.165, 1.54) is 11.0 Å². The van der Waals surface area contributed by atoms with Gasteiger partial charge in [0.2, 0.25) is 11.8 Å². The SMILES string of the molecule is CC(C)NCCNC1CCN(CC(=O)N[C@H]2Cc3cccc(C(=O)O)c3OB2O)C(=O)C1. The van der Waals surface area contributed by atoms with Crippen molar-refractivity contribution in [2.24, 2.45) is 0 Å². The summed E-state index contributed by atoms with van der Waals surface area (Å²) in [5, 5.41) is 28.9. The third kappa shape index (κ3) is 6.21. The van der Waals surface area contributed by atoms with Crippen LogP contribution >= 0.6 is 0 Å². The minimum Gasteiger partial charge on any atom is -0.534 e. The van der Waals surface area contributed by atoms with E-state index in [0.29, 0.717) is 24.6 Å². The van der Waals surface area contributed by atoms with E-state index in [4.69, 9.17) is 4.65 Å². The largest absolute Gasteiger partial charge is 0.547 e. The summed E-state index contributed by atoms with van der Waals surface area (Å²) in [6.45, 7) is 6.16. The van der Waals surface area contributed by atoms with Crippen molar-refractivity contribution in [1.82, 2.24) is 20.9 Å². The third-order valence-corrected chi connectivity index (χ3v) is 5.66. The molecule has 10 nitrogen and oxygen atoms in total. The van der Waals surface area contributed by atoms with E-state index in [0.717, 1.165) is 19.5 Å². The zero-order valence-electron chi connectivity index (χ0n) is 18.5. The van der Waals surface area contributed by atoms with E-state index >= 15 is 0 Å². The first kappa shape index (κ1) is 24.0. The monoisotopic (exact) mass is 446 g/mol. The van der Waals surface area contributed by atoms with Gasteiger partial charge in [-0.3, -0.25) is 9.59 Å². The summed E-state index contributed by atoms with van der Waals surface area (Å²) in [6.07, 6.45) is 1.34. The van der Waals surface area contributed by atoms with Gasteiger partial charge in [-0.1, -0.05) is 26.0 Å². The molecule has 0 radical (unpaired) electrons. The molecule has 11 heteroatoms. The van der Waals surface area contributed by atoms with E-state index < -0.39 is 24.9 Å². The Hall–Kier alpha value is -2.63. The first-order chi connectivity index (χ1) is 15.2. The Morgan fingerprint density at radius 3 is 2.75 bits per heavy atom. The van der Waals surface area contributed by atoms with Crippen molar-refractivity contribution in [3.05, 3.63) is 29.3 Å². The van der Waals surface area contributed by atoms with Crippen molar-refractivity contribution < 1.29 is 29.2 Å². The standard InChI is InChI=1S/C21H31BN4O6/c1-13(2)23-7-8-24-15-6-9-26(19(28)11-15)12-18(27)25-17-10-14-4-3-5-16(21(29)30)20(14)32-22(17)31/h3-5,13,15,17,23-24,31H,6-12H2,1-2H3,(H,25,27)(H,29,30)/t15?,17-/m0/s1. The zero-order valence-corrected chi connectivity index (χ0v) is 18.5. The maximum Gasteiger partial charge on any atom is 0.547 e. The summed E-state index contributed by atoms with van der Waals surface area (Å²) < 4.78 is 5.39. The summed E-state index contributed by atoms with van der Waals surface area (Å²) >= 11 is 0. The fraction of sp³-hybridized carbons (Fsp3) is 0.571. The number of rotatable bonds is 9. The molecule has 32 heavy (non-hydrogen) atoms. The lowest BCUT2D eigenvalue weighted by Crippen LogP contribution is -2.56. The molecule has 0 bridgehead atoms. The molecule has 2 heterocycles. The molecule has 3 rings (SSSR count). The first-order valence-electron chi connectivity index (χ1n) is 11.0. The molecule has 1 fully saturated rings. The van der Waals surface area contributed by atoms with Crippen molar-refractivity contribution >= 4 is 24.9 Å². The minimum absolute atomic E-state index is 0.0339. The summed E-state index contributed by atoms with van der Waals surface area (Å²) in [4.78, 5) is 37.8. The number of carboxylic acid groups (broad SMARTS) is 1. The van der Waals surface area contributed by atoms with Crippen molar-refractivity contribution in [2.75, 3.05) is 26.2 Å². The molecule has 1 saturated heterocycles. The van der Waals surface area contributed by atoms with Crippen LogP contribution in [-0.4, -0.2) is 84.1 Å². The number of amides is 2. The number of fused-ring (bicyclic) bond motifs is 1.